The highest BCUT2D eigenvalue weighted by Crippen LogP contribution is 2.48. The van der Waals surface area contributed by atoms with Crippen molar-refractivity contribution in [3.05, 3.63) is 0 Å². The van der Waals surface area contributed by atoms with Gasteiger partial charge in [-0.25, -0.2) is 0 Å². The summed E-state index contributed by atoms with van der Waals surface area (Å²) in [5.41, 5.74) is -0.132. The van der Waals surface area contributed by atoms with Crippen LogP contribution in [0.3, 0.4) is 0 Å². The molecule has 0 aromatic heterocycles. The van der Waals surface area contributed by atoms with Crippen molar-refractivity contribution in [1.82, 2.24) is 0 Å². The van der Waals surface area contributed by atoms with Crippen molar-refractivity contribution in [2.75, 3.05) is 0 Å². The molecule has 0 N–H and O–H groups in total. The zero-order valence-electron chi connectivity index (χ0n) is 8.41. The molecule has 0 aromatic rings. The number of rotatable bonds is 0. The molecule has 0 aromatic carbocycles. The maximum atomic E-state index is 12.5. The Morgan fingerprint density at radius 3 is 2.15 bits per heavy atom. The minimum Gasteiger partial charge on any atom is -0.171 e. The number of hydrogen-bond donors (Lipinski definition) is 0. The Labute approximate surface area is 77.5 Å². The van der Waals surface area contributed by atoms with E-state index in [9.17, 15) is 13.2 Å². The molecule has 13 heavy (non-hydrogen) atoms. The predicted molar refractivity (Wildman–Crippen MR) is 46.3 cm³/mol. The van der Waals surface area contributed by atoms with Crippen LogP contribution >= 0.6 is 0 Å². The fourth-order valence-electron chi connectivity index (χ4n) is 2.16. The van der Waals surface area contributed by atoms with Gasteiger partial charge >= 0.3 is 6.18 Å². The predicted octanol–water partition coefficient (Wildman–Crippen LogP) is 4.01. The first-order valence-electron chi connectivity index (χ1n) is 4.79. The summed E-state index contributed by atoms with van der Waals surface area (Å²) in [6, 6.07) is 0. The van der Waals surface area contributed by atoms with Crippen molar-refractivity contribution in [2.24, 2.45) is 17.3 Å². The Morgan fingerprint density at radius 2 is 1.77 bits per heavy atom. The van der Waals surface area contributed by atoms with Crippen LogP contribution in [-0.4, -0.2) is 6.18 Å². The fourth-order valence-corrected chi connectivity index (χ4v) is 2.16. The summed E-state index contributed by atoms with van der Waals surface area (Å²) in [5.74, 6) is -1.29. The second-order valence-corrected chi connectivity index (χ2v) is 5.03. The number of alkyl halides is 3. The van der Waals surface area contributed by atoms with Gasteiger partial charge in [-0.05, 0) is 30.6 Å². The van der Waals surface area contributed by atoms with E-state index in [1.165, 1.54) is 0 Å². The molecule has 0 amide bonds. The highest BCUT2D eigenvalue weighted by atomic mass is 19.4. The van der Waals surface area contributed by atoms with E-state index in [0.717, 1.165) is 6.42 Å². The van der Waals surface area contributed by atoms with Crippen LogP contribution in [-0.2, 0) is 0 Å². The molecule has 0 spiro atoms. The highest BCUT2D eigenvalue weighted by Gasteiger charge is 2.47. The lowest BCUT2D eigenvalue weighted by Gasteiger charge is -2.40. The van der Waals surface area contributed by atoms with Crippen LogP contribution in [0.4, 0.5) is 13.2 Å². The molecular weight excluding hydrogens is 177 g/mol. The summed E-state index contributed by atoms with van der Waals surface area (Å²) in [6.07, 6.45) is -2.09. The third-order valence-electron chi connectivity index (χ3n) is 3.16. The molecule has 0 aliphatic heterocycles. The van der Waals surface area contributed by atoms with Gasteiger partial charge in [-0.3, -0.25) is 0 Å². The van der Waals surface area contributed by atoms with Crippen molar-refractivity contribution in [2.45, 2.75) is 46.2 Å². The van der Waals surface area contributed by atoms with Gasteiger partial charge in [-0.2, -0.15) is 13.2 Å². The van der Waals surface area contributed by atoms with Crippen LogP contribution in [0.2, 0.25) is 0 Å². The molecule has 0 unspecified atom stereocenters. The van der Waals surface area contributed by atoms with Crippen LogP contribution in [0.1, 0.15) is 40.0 Å². The topological polar surface area (TPSA) is 0 Å². The van der Waals surface area contributed by atoms with E-state index in [4.69, 9.17) is 0 Å². The molecule has 0 saturated heterocycles. The summed E-state index contributed by atoms with van der Waals surface area (Å²) in [5, 5.41) is 0. The smallest absolute Gasteiger partial charge is 0.171 e. The van der Waals surface area contributed by atoms with E-state index in [2.05, 4.69) is 0 Å². The standard InChI is InChI=1S/C10H17F3/c1-7-4-5-9(2,3)6-8(7)10(11,12)13/h7-8H,4-6H2,1-3H3/t7-,8-/m1/s1. The zero-order chi connectivity index (χ0) is 10.3. The van der Waals surface area contributed by atoms with Gasteiger partial charge in [-0.1, -0.05) is 20.8 Å². The fraction of sp³-hybridized carbons (Fsp3) is 1.00. The Balaban J connectivity index is 2.72. The van der Waals surface area contributed by atoms with Crippen molar-refractivity contribution in [3.8, 4) is 0 Å². The van der Waals surface area contributed by atoms with Gasteiger partial charge in [0.05, 0.1) is 5.92 Å². The molecule has 1 fully saturated rings. The second kappa shape index (κ2) is 3.18. The molecule has 1 saturated carbocycles. The van der Waals surface area contributed by atoms with E-state index in [1.807, 2.05) is 13.8 Å². The van der Waals surface area contributed by atoms with Crippen LogP contribution in [0, 0.1) is 17.3 Å². The van der Waals surface area contributed by atoms with Gasteiger partial charge in [-0.15, -0.1) is 0 Å². The van der Waals surface area contributed by atoms with Gasteiger partial charge < -0.3 is 0 Å². The molecule has 2 atom stereocenters. The molecule has 0 heterocycles. The first-order chi connectivity index (χ1) is 5.72. The van der Waals surface area contributed by atoms with Crippen LogP contribution < -0.4 is 0 Å². The first-order valence-corrected chi connectivity index (χ1v) is 4.79. The molecule has 1 aliphatic rings. The first kappa shape index (κ1) is 10.9. The van der Waals surface area contributed by atoms with Crippen molar-refractivity contribution >= 4 is 0 Å². The Hall–Kier alpha value is -0.210. The normalized spacial score (nSPS) is 34.6. The van der Waals surface area contributed by atoms with Crippen LogP contribution in [0.15, 0.2) is 0 Å². The van der Waals surface area contributed by atoms with E-state index < -0.39 is 12.1 Å². The second-order valence-electron chi connectivity index (χ2n) is 5.03. The lowest BCUT2D eigenvalue weighted by molar-refractivity contribution is -0.203. The van der Waals surface area contributed by atoms with Crippen molar-refractivity contribution in [3.63, 3.8) is 0 Å². The molecule has 0 nitrogen and oxygen atoms in total. The Bertz CT molecular complexity index is 181. The summed E-state index contributed by atoms with van der Waals surface area (Å²) >= 11 is 0. The Morgan fingerprint density at radius 1 is 1.23 bits per heavy atom. The van der Waals surface area contributed by atoms with Gasteiger partial charge in [0.25, 0.3) is 0 Å². The average molecular weight is 194 g/mol. The quantitative estimate of drug-likeness (QED) is 0.546. The van der Waals surface area contributed by atoms with Gasteiger partial charge in [0.1, 0.15) is 0 Å². The third-order valence-corrected chi connectivity index (χ3v) is 3.16. The molecule has 78 valence electrons. The average Bonchev–Trinajstić information content (AvgIpc) is 1.92. The largest absolute Gasteiger partial charge is 0.392 e. The summed E-state index contributed by atoms with van der Waals surface area (Å²) in [7, 11) is 0. The molecule has 1 aliphatic carbocycles. The molecule has 3 heteroatoms. The van der Waals surface area contributed by atoms with E-state index >= 15 is 0 Å². The van der Waals surface area contributed by atoms with Gasteiger partial charge in [0.15, 0.2) is 0 Å². The lowest BCUT2D eigenvalue weighted by Crippen LogP contribution is -2.37. The SMILES string of the molecule is C[C@@H]1CCC(C)(C)C[C@H]1C(F)(F)F. The zero-order valence-corrected chi connectivity index (χ0v) is 8.41. The maximum Gasteiger partial charge on any atom is 0.392 e. The molecular formula is C10H17F3. The molecule has 1 rings (SSSR count). The van der Waals surface area contributed by atoms with Gasteiger partial charge in [0, 0.05) is 0 Å². The number of halogens is 3. The molecule has 0 bridgehead atoms. The minimum atomic E-state index is -4.00. The monoisotopic (exact) mass is 194 g/mol. The lowest BCUT2D eigenvalue weighted by atomic mass is 9.67. The van der Waals surface area contributed by atoms with Crippen LogP contribution in [0.25, 0.3) is 0 Å². The highest BCUT2D eigenvalue weighted by molar-refractivity contribution is 4.86. The van der Waals surface area contributed by atoms with E-state index in [1.54, 1.807) is 6.92 Å². The Kier molecular flexibility index (Phi) is 2.65. The van der Waals surface area contributed by atoms with E-state index in [-0.39, 0.29) is 17.8 Å². The third kappa shape index (κ3) is 2.61. The van der Waals surface area contributed by atoms with Gasteiger partial charge in [0.2, 0.25) is 0 Å². The van der Waals surface area contributed by atoms with Crippen molar-refractivity contribution in [1.29, 1.82) is 0 Å². The molecule has 0 radical (unpaired) electrons. The van der Waals surface area contributed by atoms with Crippen molar-refractivity contribution < 1.29 is 13.2 Å². The number of hydrogen-bond acceptors (Lipinski definition) is 0. The maximum absolute atomic E-state index is 12.5. The van der Waals surface area contributed by atoms with Crippen LogP contribution in [0.5, 0.6) is 0 Å². The van der Waals surface area contributed by atoms with E-state index in [0.29, 0.717) is 6.42 Å². The summed E-state index contributed by atoms with van der Waals surface area (Å²) < 4.78 is 37.6. The summed E-state index contributed by atoms with van der Waals surface area (Å²) in [6.45, 7) is 5.57. The minimum absolute atomic E-state index is 0.132. The summed E-state index contributed by atoms with van der Waals surface area (Å²) in [4.78, 5) is 0.